The van der Waals surface area contributed by atoms with E-state index in [-0.39, 0.29) is 12.0 Å². The molecule has 2 aromatic rings. The summed E-state index contributed by atoms with van der Waals surface area (Å²) in [5, 5.41) is 0. The van der Waals surface area contributed by atoms with Crippen LogP contribution in [0.3, 0.4) is 0 Å². The number of nitrogens with two attached hydrogens (primary N) is 1. The highest BCUT2D eigenvalue weighted by molar-refractivity contribution is 5.39. The van der Waals surface area contributed by atoms with Crippen molar-refractivity contribution in [1.82, 2.24) is 4.98 Å². The average Bonchev–Trinajstić information content (AvgIpc) is 2.89. The maximum atomic E-state index is 5.83. The van der Waals surface area contributed by atoms with Crippen molar-refractivity contribution < 1.29 is 9.47 Å². The molecular formula is C17H20N2O2. The van der Waals surface area contributed by atoms with Crippen LogP contribution in [0.15, 0.2) is 42.6 Å². The number of hydrogen-bond donors (Lipinski definition) is 1. The summed E-state index contributed by atoms with van der Waals surface area (Å²) < 4.78 is 11.5. The van der Waals surface area contributed by atoms with E-state index >= 15 is 0 Å². The van der Waals surface area contributed by atoms with E-state index < -0.39 is 0 Å². The number of aromatic nitrogens is 1. The molecule has 1 aliphatic heterocycles. The average molecular weight is 284 g/mol. The number of hydrogen-bond acceptors (Lipinski definition) is 4. The lowest BCUT2D eigenvalue weighted by Crippen LogP contribution is -2.18. The van der Waals surface area contributed by atoms with Gasteiger partial charge in [0.15, 0.2) is 0 Å². The minimum absolute atomic E-state index is 0.122. The van der Waals surface area contributed by atoms with Crippen LogP contribution < -0.4 is 15.2 Å². The minimum atomic E-state index is 0.122. The van der Waals surface area contributed by atoms with E-state index in [1.807, 2.05) is 37.3 Å². The topological polar surface area (TPSA) is 57.4 Å². The summed E-state index contributed by atoms with van der Waals surface area (Å²) in [6, 6.07) is 12.2. The zero-order valence-corrected chi connectivity index (χ0v) is 12.2. The Kier molecular flexibility index (Phi) is 4.06. The van der Waals surface area contributed by atoms with Crippen LogP contribution in [0.4, 0.5) is 0 Å². The first-order valence-electron chi connectivity index (χ1n) is 7.27. The number of para-hydroxylation sites is 1. The van der Waals surface area contributed by atoms with Crippen molar-refractivity contribution >= 4 is 0 Å². The van der Waals surface area contributed by atoms with Gasteiger partial charge in [0.1, 0.15) is 11.5 Å². The SMILES string of the molecule is CC(N)Cc1ccc(OCC2COc3ccccc32)cn1. The number of fused-ring (bicyclic) bond motifs is 1. The highest BCUT2D eigenvalue weighted by Crippen LogP contribution is 2.33. The molecule has 4 heteroatoms. The molecule has 2 unspecified atom stereocenters. The molecule has 0 bridgehead atoms. The quantitative estimate of drug-likeness (QED) is 0.916. The van der Waals surface area contributed by atoms with Gasteiger partial charge in [0.25, 0.3) is 0 Å². The van der Waals surface area contributed by atoms with Gasteiger partial charge in [-0.3, -0.25) is 4.98 Å². The van der Waals surface area contributed by atoms with Gasteiger partial charge in [-0.25, -0.2) is 0 Å². The van der Waals surface area contributed by atoms with Crippen LogP contribution >= 0.6 is 0 Å². The fraction of sp³-hybridized carbons (Fsp3) is 0.353. The second-order valence-corrected chi connectivity index (χ2v) is 5.52. The van der Waals surface area contributed by atoms with Crippen LogP contribution in [-0.2, 0) is 6.42 Å². The third-order valence-corrected chi connectivity index (χ3v) is 3.58. The molecule has 1 aromatic heterocycles. The van der Waals surface area contributed by atoms with Crippen molar-refractivity contribution in [2.24, 2.45) is 5.73 Å². The van der Waals surface area contributed by atoms with Crippen molar-refractivity contribution in [3.05, 3.63) is 53.9 Å². The van der Waals surface area contributed by atoms with E-state index in [0.717, 1.165) is 23.6 Å². The molecule has 21 heavy (non-hydrogen) atoms. The number of rotatable bonds is 5. The predicted octanol–water partition coefficient (Wildman–Crippen LogP) is 2.53. The van der Waals surface area contributed by atoms with E-state index in [1.165, 1.54) is 5.56 Å². The van der Waals surface area contributed by atoms with Crippen LogP contribution in [0.2, 0.25) is 0 Å². The molecule has 0 radical (unpaired) electrons. The van der Waals surface area contributed by atoms with Crippen LogP contribution in [0, 0.1) is 0 Å². The molecule has 4 nitrogen and oxygen atoms in total. The summed E-state index contributed by atoms with van der Waals surface area (Å²) in [4.78, 5) is 4.37. The van der Waals surface area contributed by atoms with E-state index in [4.69, 9.17) is 15.2 Å². The van der Waals surface area contributed by atoms with Crippen LogP contribution in [0.5, 0.6) is 11.5 Å². The molecule has 0 saturated carbocycles. The molecule has 2 N–H and O–H groups in total. The highest BCUT2D eigenvalue weighted by Gasteiger charge is 2.24. The van der Waals surface area contributed by atoms with Crippen LogP contribution in [-0.4, -0.2) is 24.2 Å². The smallest absolute Gasteiger partial charge is 0.137 e. The molecule has 0 saturated heterocycles. The van der Waals surface area contributed by atoms with E-state index in [0.29, 0.717) is 13.2 Å². The number of pyridine rings is 1. The standard InChI is InChI=1S/C17H20N2O2/c1-12(18)8-14-6-7-15(9-19-14)20-10-13-11-21-17-5-3-2-4-16(13)17/h2-7,9,12-13H,8,10-11,18H2,1H3. The molecule has 110 valence electrons. The van der Waals surface area contributed by atoms with Gasteiger partial charge < -0.3 is 15.2 Å². The van der Waals surface area contributed by atoms with Gasteiger partial charge in [-0.15, -0.1) is 0 Å². The van der Waals surface area contributed by atoms with Gasteiger partial charge in [-0.1, -0.05) is 18.2 Å². The number of ether oxygens (including phenoxy) is 2. The second-order valence-electron chi connectivity index (χ2n) is 5.52. The maximum absolute atomic E-state index is 5.83. The zero-order chi connectivity index (χ0) is 14.7. The second kappa shape index (κ2) is 6.14. The maximum Gasteiger partial charge on any atom is 0.137 e. The Balaban J connectivity index is 1.59. The lowest BCUT2D eigenvalue weighted by molar-refractivity contribution is 0.247. The summed E-state index contributed by atoms with van der Waals surface area (Å²) in [5.74, 6) is 2.04. The number of benzene rings is 1. The molecule has 0 amide bonds. The largest absolute Gasteiger partial charge is 0.493 e. The third-order valence-electron chi connectivity index (χ3n) is 3.58. The van der Waals surface area contributed by atoms with E-state index in [9.17, 15) is 0 Å². The summed E-state index contributed by atoms with van der Waals surface area (Å²) in [7, 11) is 0. The summed E-state index contributed by atoms with van der Waals surface area (Å²) in [6.07, 6.45) is 2.55. The Bertz CT molecular complexity index is 596. The van der Waals surface area contributed by atoms with E-state index in [1.54, 1.807) is 6.20 Å². The lowest BCUT2D eigenvalue weighted by Gasteiger charge is -2.11. The first kappa shape index (κ1) is 13.9. The lowest BCUT2D eigenvalue weighted by atomic mass is 10.0. The van der Waals surface area contributed by atoms with E-state index in [2.05, 4.69) is 11.1 Å². The fourth-order valence-corrected chi connectivity index (χ4v) is 2.51. The Labute approximate surface area is 124 Å². The van der Waals surface area contributed by atoms with Crippen molar-refractivity contribution in [3.8, 4) is 11.5 Å². The van der Waals surface area contributed by atoms with Crippen LogP contribution in [0.25, 0.3) is 0 Å². The summed E-state index contributed by atoms with van der Waals surface area (Å²) in [6.45, 7) is 3.25. The van der Waals surface area contributed by atoms with Crippen LogP contribution in [0.1, 0.15) is 24.1 Å². The van der Waals surface area contributed by atoms with Gasteiger partial charge in [-0.2, -0.15) is 0 Å². The van der Waals surface area contributed by atoms with Gasteiger partial charge in [0, 0.05) is 23.7 Å². The summed E-state index contributed by atoms with van der Waals surface area (Å²) in [5.41, 5.74) is 7.98. The van der Waals surface area contributed by atoms with Gasteiger partial charge in [0.05, 0.1) is 25.3 Å². The first-order valence-corrected chi connectivity index (χ1v) is 7.27. The molecule has 0 aliphatic carbocycles. The van der Waals surface area contributed by atoms with Gasteiger partial charge >= 0.3 is 0 Å². The molecule has 3 rings (SSSR count). The number of nitrogens with zero attached hydrogens (tertiary/aromatic N) is 1. The molecule has 2 heterocycles. The predicted molar refractivity (Wildman–Crippen MR) is 81.8 cm³/mol. The first-order chi connectivity index (χ1) is 10.2. The molecule has 0 spiro atoms. The molecule has 0 fully saturated rings. The highest BCUT2D eigenvalue weighted by atomic mass is 16.5. The van der Waals surface area contributed by atoms with Gasteiger partial charge in [0.2, 0.25) is 0 Å². The molecule has 1 aromatic carbocycles. The molecule has 1 aliphatic rings. The summed E-state index contributed by atoms with van der Waals surface area (Å²) >= 11 is 0. The van der Waals surface area contributed by atoms with Gasteiger partial charge in [-0.05, 0) is 25.1 Å². The van der Waals surface area contributed by atoms with Crippen molar-refractivity contribution in [1.29, 1.82) is 0 Å². The normalized spacial score (nSPS) is 17.9. The minimum Gasteiger partial charge on any atom is -0.493 e. The van der Waals surface area contributed by atoms with Crippen molar-refractivity contribution in [2.45, 2.75) is 25.3 Å². The molecule has 2 atom stereocenters. The monoisotopic (exact) mass is 284 g/mol. The zero-order valence-electron chi connectivity index (χ0n) is 12.2. The molecular weight excluding hydrogens is 264 g/mol. The Morgan fingerprint density at radius 1 is 1.33 bits per heavy atom. The Morgan fingerprint density at radius 3 is 2.95 bits per heavy atom. The van der Waals surface area contributed by atoms with Crippen molar-refractivity contribution in [2.75, 3.05) is 13.2 Å². The Morgan fingerprint density at radius 2 is 2.19 bits per heavy atom. The van der Waals surface area contributed by atoms with Crippen molar-refractivity contribution in [3.63, 3.8) is 0 Å². The Hall–Kier alpha value is -2.07. The fourth-order valence-electron chi connectivity index (χ4n) is 2.51. The third kappa shape index (κ3) is 3.34.